The molecule has 0 saturated heterocycles. The molecular formula is C10H8F3N5O. The molecular weight excluding hydrogens is 263 g/mol. The Morgan fingerprint density at radius 2 is 2.11 bits per heavy atom. The van der Waals surface area contributed by atoms with E-state index in [0.29, 0.717) is 10.2 Å². The molecule has 0 aliphatic rings. The van der Waals surface area contributed by atoms with Crippen molar-refractivity contribution < 1.29 is 18.0 Å². The first kappa shape index (κ1) is 13.0. The molecule has 2 rings (SSSR count). The van der Waals surface area contributed by atoms with E-state index in [1.165, 1.54) is 12.3 Å². The van der Waals surface area contributed by atoms with E-state index in [9.17, 15) is 18.0 Å². The number of halogens is 3. The third-order valence-corrected chi connectivity index (χ3v) is 2.40. The maximum Gasteiger partial charge on any atom is 0.434 e. The van der Waals surface area contributed by atoms with Crippen molar-refractivity contribution in [3.05, 3.63) is 35.3 Å². The summed E-state index contributed by atoms with van der Waals surface area (Å²) >= 11 is 0. The van der Waals surface area contributed by atoms with Gasteiger partial charge in [0.05, 0.1) is 18.0 Å². The summed E-state index contributed by atoms with van der Waals surface area (Å²) in [5.41, 5.74) is 3.37. The van der Waals surface area contributed by atoms with Crippen LogP contribution in [0, 0.1) is 6.92 Å². The fraction of sp³-hybridized carbons (Fsp3) is 0.200. The van der Waals surface area contributed by atoms with Gasteiger partial charge in [-0.1, -0.05) is 0 Å². The molecule has 2 heterocycles. The lowest BCUT2D eigenvalue weighted by Gasteiger charge is -2.11. The number of rotatable bonds is 2. The van der Waals surface area contributed by atoms with Crippen LogP contribution < -0.4 is 5.73 Å². The molecule has 9 heteroatoms. The van der Waals surface area contributed by atoms with Crippen LogP contribution in [0.1, 0.15) is 21.6 Å². The number of amides is 1. The maximum atomic E-state index is 13.0. The van der Waals surface area contributed by atoms with E-state index >= 15 is 0 Å². The molecule has 0 bridgehead atoms. The van der Waals surface area contributed by atoms with Gasteiger partial charge in [-0.15, -0.1) is 5.10 Å². The van der Waals surface area contributed by atoms with Crippen molar-refractivity contribution in [2.24, 2.45) is 5.73 Å². The minimum atomic E-state index is -4.79. The number of primary amides is 1. The van der Waals surface area contributed by atoms with E-state index in [0.717, 1.165) is 6.20 Å². The van der Waals surface area contributed by atoms with Crippen LogP contribution in [0.15, 0.2) is 18.5 Å². The van der Waals surface area contributed by atoms with Gasteiger partial charge in [0.25, 0.3) is 5.91 Å². The third kappa shape index (κ3) is 2.26. The fourth-order valence-electron chi connectivity index (χ4n) is 1.56. The highest BCUT2D eigenvalue weighted by Gasteiger charge is 2.40. The smallest absolute Gasteiger partial charge is 0.365 e. The Bertz CT molecular complexity index is 634. The molecule has 0 radical (unpaired) electrons. The largest absolute Gasteiger partial charge is 0.434 e. The number of hydrogen-bond donors (Lipinski definition) is 1. The summed E-state index contributed by atoms with van der Waals surface area (Å²) in [6.45, 7) is 1.55. The summed E-state index contributed by atoms with van der Waals surface area (Å²) in [5, 5.41) is 10.6. The number of aryl methyl sites for hydroxylation is 1. The van der Waals surface area contributed by atoms with Crippen LogP contribution in [0.4, 0.5) is 13.2 Å². The van der Waals surface area contributed by atoms with Gasteiger partial charge < -0.3 is 5.73 Å². The Balaban J connectivity index is 2.73. The molecule has 0 aromatic carbocycles. The lowest BCUT2D eigenvalue weighted by molar-refractivity contribution is -0.143. The number of alkyl halides is 3. The molecule has 0 fully saturated rings. The van der Waals surface area contributed by atoms with Crippen LogP contribution in [0.5, 0.6) is 0 Å². The number of hydrogen-bond acceptors (Lipinski definition) is 4. The Labute approximate surface area is 105 Å². The van der Waals surface area contributed by atoms with Gasteiger partial charge in [0.1, 0.15) is 0 Å². The molecule has 0 aliphatic carbocycles. The fourth-order valence-corrected chi connectivity index (χ4v) is 1.56. The van der Waals surface area contributed by atoms with Crippen molar-refractivity contribution in [2.75, 3.05) is 0 Å². The monoisotopic (exact) mass is 271 g/mol. The molecule has 0 atom stereocenters. The van der Waals surface area contributed by atoms with E-state index < -0.39 is 23.3 Å². The van der Waals surface area contributed by atoms with Gasteiger partial charge >= 0.3 is 6.18 Å². The second kappa shape index (κ2) is 4.34. The molecule has 0 saturated carbocycles. The van der Waals surface area contributed by atoms with Crippen molar-refractivity contribution in [3.63, 3.8) is 0 Å². The quantitative estimate of drug-likeness (QED) is 0.885. The van der Waals surface area contributed by atoms with Crippen molar-refractivity contribution in [1.82, 2.24) is 20.0 Å². The van der Waals surface area contributed by atoms with Crippen molar-refractivity contribution in [2.45, 2.75) is 13.1 Å². The molecule has 0 spiro atoms. The van der Waals surface area contributed by atoms with Crippen LogP contribution in [0.3, 0.4) is 0 Å². The van der Waals surface area contributed by atoms with Gasteiger partial charge in [-0.2, -0.15) is 23.4 Å². The summed E-state index contributed by atoms with van der Waals surface area (Å²) in [7, 11) is 0. The van der Waals surface area contributed by atoms with Gasteiger partial charge in [0.2, 0.25) is 0 Å². The highest BCUT2D eigenvalue weighted by Crippen LogP contribution is 2.33. The highest BCUT2D eigenvalue weighted by molar-refractivity contribution is 5.94. The molecule has 2 aromatic heterocycles. The van der Waals surface area contributed by atoms with E-state index in [-0.39, 0.29) is 5.82 Å². The van der Waals surface area contributed by atoms with Gasteiger partial charge in [-0.3, -0.25) is 4.79 Å². The summed E-state index contributed by atoms with van der Waals surface area (Å²) < 4.78 is 39.5. The topological polar surface area (TPSA) is 86.7 Å². The van der Waals surface area contributed by atoms with Crippen LogP contribution in [-0.4, -0.2) is 25.9 Å². The first-order valence-electron chi connectivity index (χ1n) is 5.06. The molecule has 2 N–H and O–H groups in total. The average Bonchev–Trinajstić information content (AvgIpc) is 2.73. The summed E-state index contributed by atoms with van der Waals surface area (Å²) in [4.78, 5) is 11.0. The van der Waals surface area contributed by atoms with Crippen molar-refractivity contribution in [1.29, 1.82) is 0 Å². The Kier molecular flexibility index (Phi) is 2.97. The second-order valence-electron chi connectivity index (χ2n) is 3.72. The Morgan fingerprint density at radius 3 is 2.63 bits per heavy atom. The lowest BCUT2D eigenvalue weighted by Crippen LogP contribution is -2.21. The molecule has 1 amide bonds. The zero-order valence-electron chi connectivity index (χ0n) is 9.64. The van der Waals surface area contributed by atoms with Gasteiger partial charge in [-0.05, 0) is 18.6 Å². The lowest BCUT2D eigenvalue weighted by atomic mass is 10.2. The molecule has 2 aromatic rings. The number of nitrogens with zero attached hydrogens (tertiary/aromatic N) is 4. The number of carbonyl (C=O) groups excluding carboxylic acids is 1. The van der Waals surface area contributed by atoms with E-state index in [4.69, 9.17) is 5.73 Å². The normalized spacial score (nSPS) is 11.6. The van der Waals surface area contributed by atoms with Crippen LogP contribution in [-0.2, 0) is 6.18 Å². The van der Waals surface area contributed by atoms with Crippen molar-refractivity contribution in [3.8, 4) is 5.82 Å². The predicted octanol–water partition coefficient (Wildman–Crippen LogP) is 1.09. The predicted molar refractivity (Wildman–Crippen MR) is 57.4 cm³/mol. The molecule has 6 nitrogen and oxygen atoms in total. The molecule has 19 heavy (non-hydrogen) atoms. The van der Waals surface area contributed by atoms with Crippen LogP contribution in [0.25, 0.3) is 5.82 Å². The minimum absolute atomic E-state index is 0.109. The van der Waals surface area contributed by atoms with E-state index in [2.05, 4.69) is 15.3 Å². The van der Waals surface area contributed by atoms with Gasteiger partial charge in [-0.25, -0.2) is 4.68 Å². The standard InChI is InChI=1S/C10H8F3N5O/c1-5-2-3-15-17-9(5)18-7(10(11,12)13)6(4-16-18)8(14)19/h2-4H,1H3,(H2,14,19). The van der Waals surface area contributed by atoms with Gasteiger partial charge in [0, 0.05) is 0 Å². The third-order valence-electron chi connectivity index (χ3n) is 2.40. The Hall–Kier alpha value is -2.45. The number of carbonyl (C=O) groups is 1. The molecule has 100 valence electrons. The maximum absolute atomic E-state index is 13.0. The first-order valence-corrected chi connectivity index (χ1v) is 5.06. The number of nitrogens with two attached hydrogens (primary N) is 1. The van der Waals surface area contributed by atoms with E-state index in [1.807, 2.05) is 0 Å². The summed E-state index contributed by atoms with van der Waals surface area (Å²) in [6.07, 6.45) is -2.69. The van der Waals surface area contributed by atoms with Crippen LogP contribution in [0.2, 0.25) is 0 Å². The summed E-state index contributed by atoms with van der Waals surface area (Å²) in [5.74, 6) is -1.32. The minimum Gasteiger partial charge on any atom is -0.365 e. The molecule has 0 unspecified atom stereocenters. The molecule has 0 aliphatic heterocycles. The number of aromatic nitrogens is 4. The Morgan fingerprint density at radius 1 is 1.42 bits per heavy atom. The first-order chi connectivity index (χ1) is 8.82. The van der Waals surface area contributed by atoms with E-state index in [1.54, 1.807) is 6.92 Å². The zero-order chi connectivity index (χ0) is 14.2. The second-order valence-corrected chi connectivity index (χ2v) is 3.72. The SMILES string of the molecule is Cc1ccnnc1-n1ncc(C(N)=O)c1C(F)(F)F. The average molecular weight is 271 g/mol. The van der Waals surface area contributed by atoms with Gasteiger partial charge in [0.15, 0.2) is 11.5 Å². The van der Waals surface area contributed by atoms with Crippen LogP contribution >= 0.6 is 0 Å². The zero-order valence-corrected chi connectivity index (χ0v) is 9.64. The van der Waals surface area contributed by atoms with Crippen molar-refractivity contribution >= 4 is 5.91 Å². The highest BCUT2D eigenvalue weighted by atomic mass is 19.4. The summed E-state index contributed by atoms with van der Waals surface area (Å²) in [6, 6.07) is 1.48.